The summed E-state index contributed by atoms with van der Waals surface area (Å²) in [4.78, 5) is 7.88. The summed E-state index contributed by atoms with van der Waals surface area (Å²) in [5, 5.41) is 0.843. The number of fused-ring (bicyclic) bond motifs is 3. The van der Waals surface area contributed by atoms with Gasteiger partial charge in [-0.15, -0.1) is 24.5 Å². The molecule has 0 atom stereocenters. The zero-order valence-electron chi connectivity index (χ0n) is 9.03. The molecule has 3 nitrogen and oxygen atoms in total. The molecule has 0 spiro atoms. The number of halogens is 4. The topological polar surface area (TPSA) is 35.0 Å². The first kappa shape index (κ1) is 12.4. The summed E-state index contributed by atoms with van der Waals surface area (Å²) in [6, 6.07) is 4.09. The third-order valence-corrected chi connectivity index (χ3v) is 3.98. The Hall–Kier alpha value is -1.60. The normalized spacial score (nSPS) is 12.2. The molecule has 0 saturated heterocycles. The standard InChI is InChI=1S/C11H4ClF3N2OS/c12-10-9-8(16-4-17-10)6-3-5(18-11(13,14)15)1-2-7(6)19-9/h1-4H. The smallest absolute Gasteiger partial charge is 0.406 e. The van der Waals surface area contributed by atoms with Gasteiger partial charge in [0.15, 0.2) is 0 Å². The van der Waals surface area contributed by atoms with E-state index in [0.29, 0.717) is 15.6 Å². The van der Waals surface area contributed by atoms with E-state index in [9.17, 15) is 13.2 Å². The Kier molecular flexibility index (Phi) is 2.75. The molecule has 2 aromatic heterocycles. The van der Waals surface area contributed by atoms with Crippen molar-refractivity contribution < 1.29 is 17.9 Å². The lowest BCUT2D eigenvalue weighted by molar-refractivity contribution is -0.274. The number of hydrogen-bond donors (Lipinski definition) is 0. The van der Waals surface area contributed by atoms with Crippen molar-refractivity contribution in [3.05, 3.63) is 29.7 Å². The number of rotatable bonds is 1. The van der Waals surface area contributed by atoms with Gasteiger partial charge in [-0.05, 0) is 18.2 Å². The van der Waals surface area contributed by atoms with E-state index < -0.39 is 6.36 Å². The van der Waals surface area contributed by atoms with Gasteiger partial charge in [0.2, 0.25) is 0 Å². The zero-order valence-corrected chi connectivity index (χ0v) is 10.6. The van der Waals surface area contributed by atoms with Crippen LogP contribution < -0.4 is 4.74 Å². The van der Waals surface area contributed by atoms with Gasteiger partial charge in [-0.25, -0.2) is 9.97 Å². The highest BCUT2D eigenvalue weighted by molar-refractivity contribution is 7.26. The van der Waals surface area contributed by atoms with Crippen LogP contribution in [0.1, 0.15) is 0 Å². The molecule has 3 rings (SSSR count). The summed E-state index contributed by atoms with van der Waals surface area (Å²) in [7, 11) is 0. The highest BCUT2D eigenvalue weighted by Gasteiger charge is 2.31. The van der Waals surface area contributed by atoms with E-state index >= 15 is 0 Å². The van der Waals surface area contributed by atoms with Crippen LogP contribution in [0.25, 0.3) is 20.3 Å². The number of ether oxygens (including phenoxy) is 1. The van der Waals surface area contributed by atoms with Crippen molar-refractivity contribution >= 4 is 43.2 Å². The highest BCUT2D eigenvalue weighted by Crippen LogP contribution is 2.37. The molecule has 0 aliphatic rings. The van der Waals surface area contributed by atoms with Crippen LogP contribution in [0.15, 0.2) is 24.5 Å². The van der Waals surface area contributed by atoms with E-state index in [-0.39, 0.29) is 10.9 Å². The lowest BCUT2D eigenvalue weighted by Gasteiger charge is -2.08. The molecule has 1 aromatic carbocycles. The molecule has 0 bridgehead atoms. The van der Waals surface area contributed by atoms with Crippen molar-refractivity contribution in [2.24, 2.45) is 0 Å². The van der Waals surface area contributed by atoms with E-state index in [1.807, 2.05) is 0 Å². The number of nitrogens with zero attached hydrogens (tertiary/aromatic N) is 2. The predicted molar refractivity (Wildman–Crippen MR) is 66.6 cm³/mol. The molecule has 0 unspecified atom stereocenters. The van der Waals surface area contributed by atoms with E-state index in [1.165, 1.54) is 29.8 Å². The van der Waals surface area contributed by atoms with E-state index in [4.69, 9.17) is 11.6 Å². The van der Waals surface area contributed by atoms with Gasteiger partial charge in [-0.2, -0.15) is 0 Å². The van der Waals surface area contributed by atoms with Gasteiger partial charge in [0, 0.05) is 10.1 Å². The van der Waals surface area contributed by atoms with Gasteiger partial charge in [0.05, 0.1) is 10.2 Å². The van der Waals surface area contributed by atoms with Gasteiger partial charge in [0.1, 0.15) is 17.2 Å². The molecule has 0 aliphatic carbocycles. The first-order chi connectivity index (χ1) is 8.94. The van der Waals surface area contributed by atoms with Crippen molar-refractivity contribution in [3.8, 4) is 5.75 Å². The molecular formula is C11H4ClF3N2OS. The fourth-order valence-electron chi connectivity index (χ4n) is 1.72. The molecule has 3 aromatic rings. The molecule has 8 heteroatoms. The molecule has 0 N–H and O–H groups in total. The Bertz CT molecular complexity index is 772. The number of alkyl halides is 3. The van der Waals surface area contributed by atoms with Crippen molar-refractivity contribution in [2.45, 2.75) is 6.36 Å². The Morgan fingerprint density at radius 1 is 1.21 bits per heavy atom. The number of hydrogen-bond acceptors (Lipinski definition) is 4. The van der Waals surface area contributed by atoms with Crippen LogP contribution in [0.4, 0.5) is 13.2 Å². The van der Waals surface area contributed by atoms with Crippen molar-refractivity contribution in [1.29, 1.82) is 0 Å². The lowest BCUT2D eigenvalue weighted by atomic mass is 10.2. The average Bonchev–Trinajstić information content (AvgIpc) is 2.67. The van der Waals surface area contributed by atoms with E-state index in [2.05, 4.69) is 14.7 Å². The minimum Gasteiger partial charge on any atom is -0.406 e. The zero-order chi connectivity index (χ0) is 13.6. The van der Waals surface area contributed by atoms with Gasteiger partial charge in [-0.3, -0.25) is 0 Å². The lowest BCUT2D eigenvalue weighted by Crippen LogP contribution is -2.16. The van der Waals surface area contributed by atoms with Gasteiger partial charge in [-0.1, -0.05) is 11.6 Å². The Labute approximate surface area is 113 Å². The monoisotopic (exact) mass is 304 g/mol. The fraction of sp³-hybridized carbons (Fsp3) is 0.0909. The van der Waals surface area contributed by atoms with Crippen molar-refractivity contribution in [2.75, 3.05) is 0 Å². The molecule has 0 amide bonds. The van der Waals surface area contributed by atoms with Crippen molar-refractivity contribution in [1.82, 2.24) is 9.97 Å². The molecular weight excluding hydrogens is 301 g/mol. The minimum atomic E-state index is -4.72. The second-order valence-electron chi connectivity index (χ2n) is 3.65. The summed E-state index contributed by atoms with van der Waals surface area (Å²) in [5.41, 5.74) is 0.521. The van der Waals surface area contributed by atoms with Gasteiger partial charge < -0.3 is 4.74 Å². The molecule has 0 aliphatic heterocycles. The summed E-state index contributed by atoms with van der Waals surface area (Å²) >= 11 is 7.24. The largest absolute Gasteiger partial charge is 0.573 e. The van der Waals surface area contributed by atoms with Crippen LogP contribution in [0, 0.1) is 0 Å². The van der Waals surface area contributed by atoms with Crippen LogP contribution >= 0.6 is 22.9 Å². The summed E-state index contributed by atoms with van der Waals surface area (Å²) in [5.74, 6) is -0.283. The second-order valence-corrected chi connectivity index (χ2v) is 5.06. The molecule has 98 valence electrons. The first-order valence-corrected chi connectivity index (χ1v) is 6.22. The number of benzene rings is 1. The summed E-state index contributed by atoms with van der Waals surface area (Å²) in [6.07, 6.45) is -3.44. The predicted octanol–water partition coefficient (Wildman–Crippen LogP) is 4.40. The third kappa shape index (κ3) is 2.31. The fourth-order valence-corrected chi connectivity index (χ4v) is 2.99. The Morgan fingerprint density at radius 3 is 2.74 bits per heavy atom. The van der Waals surface area contributed by atoms with E-state index in [1.54, 1.807) is 6.07 Å². The maximum Gasteiger partial charge on any atom is 0.573 e. The Balaban J connectivity index is 2.22. The quantitative estimate of drug-likeness (QED) is 0.625. The molecule has 0 radical (unpaired) electrons. The minimum absolute atomic E-state index is 0.282. The molecule has 0 fully saturated rings. The maximum atomic E-state index is 12.2. The van der Waals surface area contributed by atoms with Crippen LogP contribution in [0.3, 0.4) is 0 Å². The average molecular weight is 305 g/mol. The van der Waals surface area contributed by atoms with Gasteiger partial charge >= 0.3 is 6.36 Å². The molecule has 19 heavy (non-hydrogen) atoms. The SMILES string of the molecule is FC(F)(F)Oc1ccc2sc3c(Cl)ncnc3c2c1. The second kappa shape index (κ2) is 4.21. The van der Waals surface area contributed by atoms with Crippen LogP contribution in [-0.2, 0) is 0 Å². The van der Waals surface area contributed by atoms with Crippen molar-refractivity contribution in [3.63, 3.8) is 0 Å². The number of aromatic nitrogens is 2. The maximum absolute atomic E-state index is 12.2. The molecule has 0 saturated carbocycles. The third-order valence-electron chi connectivity index (χ3n) is 2.41. The summed E-state index contributed by atoms with van der Waals surface area (Å²) in [6.45, 7) is 0. The van der Waals surface area contributed by atoms with Gasteiger partial charge in [0.25, 0.3) is 0 Å². The molecule has 2 heterocycles. The Morgan fingerprint density at radius 2 is 2.00 bits per heavy atom. The first-order valence-electron chi connectivity index (χ1n) is 5.02. The van der Waals surface area contributed by atoms with E-state index in [0.717, 1.165) is 4.70 Å². The number of thiophene rings is 1. The van der Waals surface area contributed by atoms with Crippen LogP contribution in [0.5, 0.6) is 5.75 Å². The summed E-state index contributed by atoms with van der Waals surface area (Å²) < 4.78 is 41.8. The van der Waals surface area contributed by atoms with Crippen LogP contribution in [0.2, 0.25) is 5.15 Å². The van der Waals surface area contributed by atoms with Crippen LogP contribution in [-0.4, -0.2) is 16.3 Å². The highest BCUT2D eigenvalue weighted by atomic mass is 35.5.